The minimum atomic E-state index is -0.524. The van der Waals surface area contributed by atoms with Crippen molar-refractivity contribution in [3.05, 3.63) is 63.9 Å². The number of ether oxygens (including phenoxy) is 1. The van der Waals surface area contributed by atoms with E-state index < -0.39 is 6.10 Å². The van der Waals surface area contributed by atoms with E-state index >= 15 is 0 Å². The van der Waals surface area contributed by atoms with Crippen LogP contribution in [0.2, 0.25) is 0 Å². The number of hydrogen-bond donors (Lipinski definition) is 1. The molecule has 0 spiro atoms. The number of halogens is 2. The molecular formula is C16H17BrFNO. The highest BCUT2D eigenvalue weighted by molar-refractivity contribution is 9.10. The maximum absolute atomic E-state index is 13.9. The molecule has 2 nitrogen and oxygen atoms in total. The van der Waals surface area contributed by atoms with Crippen LogP contribution in [0.15, 0.2) is 46.9 Å². The van der Waals surface area contributed by atoms with E-state index in [4.69, 9.17) is 10.5 Å². The van der Waals surface area contributed by atoms with Crippen molar-refractivity contribution in [1.29, 1.82) is 0 Å². The van der Waals surface area contributed by atoms with E-state index in [1.165, 1.54) is 6.07 Å². The Balaban J connectivity index is 2.36. The van der Waals surface area contributed by atoms with Crippen molar-refractivity contribution in [2.75, 3.05) is 0 Å². The summed E-state index contributed by atoms with van der Waals surface area (Å²) in [7, 11) is 0. The highest BCUT2D eigenvalue weighted by atomic mass is 79.9. The fraction of sp³-hybridized carbons (Fsp3) is 0.250. The Labute approximate surface area is 126 Å². The molecule has 0 aliphatic heterocycles. The SMILES string of the molecule is Cc1ccc(Br)cc1OC(c1ccccc1F)C(C)N. The first-order valence-corrected chi connectivity index (χ1v) is 7.21. The average molecular weight is 338 g/mol. The average Bonchev–Trinajstić information content (AvgIpc) is 2.40. The molecule has 2 N–H and O–H groups in total. The van der Waals surface area contributed by atoms with Crippen molar-refractivity contribution in [2.24, 2.45) is 5.73 Å². The van der Waals surface area contributed by atoms with Gasteiger partial charge in [0.25, 0.3) is 0 Å². The van der Waals surface area contributed by atoms with Gasteiger partial charge < -0.3 is 10.5 Å². The summed E-state index contributed by atoms with van der Waals surface area (Å²) in [5, 5.41) is 0. The molecule has 4 heteroatoms. The zero-order valence-corrected chi connectivity index (χ0v) is 13.0. The Hall–Kier alpha value is -1.39. The quantitative estimate of drug-likeness (QED) is 0.899. The van der Waals surface area contributed by atoms with Gasteiger partial charge in [0, 0.05) is 16.1 Å². The maximum atomic E-state index is 13.9. The van der Waals surface area contributed by atoms with E-state index in [1.807, 2.05) is 32.0 Å². The second-order valence-corrected chi connectivity index (χ2v) is 5.74. The van der Waals surface area contributed by atoms with Gasteiger partial charge in [-0.3, -0.25) is 0 Å². The molecule has 0 saturated carbocycles. The lowest BCUT2D eigenvalue weighted by Gasteiger charge is -2.24. The van der Waals surface area contributed by atoms with Gasteiger partial charge >= 0.3 is 0 Å². The summed E-state index contributed by atoms with van der Waals surface area (Å²) in [6.07, 6.45) is -0.524. The summed E-state index contributed by atoms with van der Waals surface area (Å²) in [5.41, 5.74) is 7.43. The van der Waals surface area contributed by atoms with E-state index in [2.05, 4.69) is 15.9 Å². The van der Waals surface area contributed by atoms with Crippen LogP contribution in [0.3, 0.4) is 0 Å². The topological polar surface area (TPSA) is 35.2 Å². The van der Waals surface area contributed by atoms with Crippen LogP contribution in [0, 0.1) is 12.7 Å². The van der Waals surface area contributed by atoms with Crippen molar-refractivity contribution in [3.8, 4) is 5.75 Å². The largest absolute Gasteiger partial charge is 0.484 e. The van der Waals surface area contributed by atoms with E-state index in [0.717, 1.165) is 10.0 Å². The zero-order valence-electron chi connectivity index (χ0n) is 11.4. The molecule has 2 rings (SSSR count). The second kappa shape index (κ2) is 6.37. The van der Waals surface area contributed by atoms with Gasteiger partial charge in [-0.2, -0.15) is 0 Å². The van der Waals surface area contributed by atoms with Crippen LogP contribution >= 0.6 is 15.9 Å². The molecule has 2 aromatic carbocycles. The summed E-state index contributed by atoms with van der Waals surface area (Å²) in [5.74, 6) is 0.396. The maximum Gasteiger partial charge on any atom is 0.141 e. The Bertz CT molecular complexity index is 601. The summed E-state index contributed by atoms with van der Waals surface area (Å²) in [6.45, 7) is 3.76. The molecule has 0 heterocycles. The highest BCUT2D eigenvalue weighted by Crippen LogP contribution is 2.30. The zero-order chi connectivity index (χ0) is 14.7. The molecule has 0 fully saturated rings. The van der Waals surface area contributed by atoms with Gasteiger partial charge in [0.05, 0.1) is 0 Å². The molecule has 0 amide bonds. The first-order valence-electron chi connectivity index (χ1n) is 6.42. The normalized spacial score (nSPS) is 13.8. The van der Waals surface area contributed by atoms with Crippen LogP contribution in [0.1, 0.15) is 24.2 Å². The molecule has 2 atom stereocenters. The minimum absolute atomic E-state index is 0.303. The third-order valence-corrected chi connectivity index (χ3v) is 3.59. The van der Waals surface area contributed by atoms with Gasteiger partial charge in [0.15, 0.2) is 0 Å². The predicted octanol–water partition coefficient (Wildman–Crippen LogP) is 4.36. The second-order valence-electron chi connectivity index (χ2n) is 4.83. The Morgan fingerprint density at radius 2 is 1.90 bits per heavy atom. The van der Waals surface area contributed by atoms with Gasteiger partial charge in [0.2, 0.25) is 0 Å². The van der Waals surface area contributed by atoms with Crippen LogP contribution in [-0.4, -0.2) is 6.04 Å². The fourth-order valence-electron chi connectivity index (χ4n) is 2.00. The monoisotopic (exact) mass is 337 g/mol. The smallest absolute Gasteiger partial charge is 0.141 e. The molecule has 2 aromatic rings. The number of benzene rings is 2. The molecule has 0 bridgehead atoms. The van der Waals surface area contributed by atoms with Crippen LogP contribution in [0.5, 0.6) is 5.75 Å². The Morgan fingerprint density at radius 1 is 1.20 bits per heavy atom. The molecule has 0 saturated heterocycles. The van der Waals surface area contributed by atoms with Gasteiger partial charge in [-0.25, -0.2) is 4.39 Å². The molecule has 0 aromatic heterocycles. The van der Waals surface area contributed by atoms with Gasteiger partial charge in [-0.05, 0) is 37.6 Å². The number of aryl methyl sites for hydroxylation is 1. The predicted molar refractivity (Wildman–Crippen MR) is 82.3 cm³/mol. The van der Waals surface area contributed by atoms with Crippen LogP contribution in [-0.2, 0) is 0 Å². The van der Waals surface area contributed by atoms with Crippen LogP contribution in [0.25, 0.3) is 0 Å². The number of nitrogens with two attached hydrogens (primary N) is 1. The number of hydrogen-bond acceptors (Lipinski definition) is 2. The van der Waals surface area contributed by atoms with Crippen molar-refractivity contribution in [2.45, 2.75) is 26.0 Å². The highest BCUT2D eigenvalue weighted by Gasteiger charge is 2.22. The number of rotatable bonds is 4. The molecule has 0 aliphatic carbocycles. The molecule has 0 aliphatic rings. The molecule has 20 heavy (non-hydrogen) atoms. The minimum Gasteiger partial charge on any atom is -0.484 e. The fourth-order valence-corrected chi connectivity index (χ4v) is 2.34. The molecule has 106 valence electrons. The Morgan fingerprint density at radius 3 is 2.55 bits per heavy atom. The van der Waals surface area contributed by atoms with Crippen LogP contribution < -0.4 is 10.5 Å². The van der Waals surface area contributed by atoms with Crippen LogP contribution in [0.4, 0.5) is 4.39 Å². The van der Waals surface area contributed by atoms with Crippen molar-refractivity contribution in [1.82, 2.24) is 0 Å². The van der Waals surface area contributed by atoms with Gasteiger partial charge in [-0.15, -0.1) is 0 Å². The lowest BCUT2D eigenvalue weighted by Crippen LogP contribution is -2.30. The standard InChI is InChI=1S/C16H17BrFNO/c1-10-7-8-12(17)9-15(10)20-16(11(2)19)13-5-3-4-6-14(13)18/h3-9,11,16H,19H2,1-2H3. The molecular weight excluding hydrogens is 321 g/mol. The van der Waals surface area contributed by atoms with Gasteiger partial charge in [-0.1, -0.05) is 40.2 Å². The van der Waals surface area contributed by atoms with E-state index in [-0.39, 0.29) is 11.9 Å². The first-order chi connectivity index (χ1) is 9.49. The first kappa shape index (κ1) is 15.0. The summed E-state index contributed by atoms with van der Waals surface area (Å²) in [6, 6.07) is 12.0. The summed E-state index contributed by atoms with van der Waals surface area (Å²) >= 11 is 3.41. The summed E-state index contributed by atoms with van der Waals surface area (Å²) < 4.78 is 20.8. The Kier molecular flexibility index (Phi) is 4.78. The van der Waals surface area contributed by atoms with Crippen molar-refractivity contribution < 1.29 is 9.13 Å². The third-order valence-electron chi connectivity index (χ3n) is 3.09. The molecule has 2 unspecified atom stereocenters. The van der Waals surface area contributed by atoms with Crippen molar-refractivity contribution >= 4 is 15.9 Å². The lowest BCUT2D eigenvalue weighted by molar-refractivity contribution is 0.174. The summed E-state index contributed by atoms with van der Waals surface area (Å²) in [4.78, 5) is 0. The van der Waals surface area contributed by atoms with E-state index in [9.17, 15) is 4.39 Å². The van der Waals surface area contributed by atoms with Crippen molar-refractivity contribution in [3.63, 3.8) is 0 Å². The third kappa shape index (κ3) is 3.38. The molecule has 0 radical (unpaired) electrons. The van der Waals surface area contributed by atoms with E-state index in [0.29, 0.717) is 11.3 Å². The lowest BCUT2D eigenvalue weighted by atomic mass is 10.0. The van der Waals surface area contributed by atoms with Gasteiger partial charge in [0.1, 0.15) is 17.7 Å². The van der Waals surface area contributed by atoms with E-state index in [1.54, 1.807) is 18.2 Å².